The lowest BCUT2D eigenvalue weighted by atomic mass is 10.3. The zero-order valence-electron chi connectivity index (χ0n) is 18.0. The van der Waals surface area contributed by atoms with Gasteiger partial charge in [0.25, 0.3) is 0 Å². The summed E-state index contributed by atoms with van der Waals surface area (Å²) in [4.78, 5) is 6.82. The molecule has 0 fully saturated rings. The lowest BCUT2D eigenvalue weighted by Crippen LogP contribution is -2.41. The normalized spacial score (nSPS) is 11.4. The molecule has 0 atom stereocenters. The number of aromatic nitrogens is 3. The highest BCUT2D eigenvalue weighted by Crippen LogP contribution is 2.16. The highest BCUT2D eigenvalue weighted by Gasteiger charge is 2.09. The quantitative estimate of drug-likeness (QED) is 0.340. The van der Waals surface area contributed by atoms with E-state index in [2.05, 4.69) is 26.7 Å². The van der Waals surface area contributed by atoms with Gasteiger partial charge < -0.3 is 24.3 Å². The van der Waals surface area contributed by atoms with Gasteiger partial charge in [-0.15, -0.1) is 10.2 Å². The van der Waals surface area contributed by atoms with Crippen LogP contribution < -0.4 is 14.8 Å². The number of ether oxygens (including phenoxy) is 2. The highest BCUT2D eigenvalue weighted by molar-refractivity contribution is 7.98. The number of hydrogen-bond donors (Lipinski definition) is 1. The number of nitrogens with zero attached hydrogens (tertiary/aromatic N) is 5. The molecule has 0 aliphatic carbocycles. The summed E-state index contributed by atoms with van der Waals surface area (Å²) >= 11 is 1.85. The van der Waals surface area contributed by atoms with Crippen LogP contribution in [0.5, 0.6) is 11.5 Å². The molecule has 1 heterocycles. The van der Waals surface area contributed by atoms with Gasteiger partial charge in [0.15, 0.2) is 11.8 Å². The van der Waals surface area contributed by atoms with Gasteiger partial charge in [0.1, 0.15) is 30.5 Å². The number of thioether (sulfide) groups is 1. The Kier molecular flexibility index (Phi) is 9.63. The molecule has 1 N–H and O–H groups in total. The molecular formula is C20H32N6O2S. The van der Waals surface area contributed by atoms with Gasteiger partial charge in [-0.05, 0) is 49.6 Å². The number of rotatable bonds is 11. The number of likely N-dealkylation sites (N-methyl/N-ethyl adjacent to an activating group) is 1. The molecule has 1 aromatic heterocycles. The Bertz CT molecular complexity index is 763. The third kappa shape index (κ3) is 7.49. The van der Waals surface area contributed by atoms with Gasteiger partial charge >= 0.3 is 0 Å². The van der Waals surface area contributed by atoms with Gasteiger partial charge in [-0.25, -0.2) is 4.99 Å². The lowest BCUT2D eigenvalue weighted by molar-refractivity contribution is 0.280. The molecule has 0 saturated carbocycles. The Hall–Kier alpha value is -2.42. The third-order valence-electron chi connectivity index (χ3n) is 4.48. The van der Waals surface area contributed by atoms with Crippen LogP contribution in [-0.2, 0) is 13.6 Å². The van der Waals surface area contributed by atoms with Gasteiger partial charge in [-0.3, -0.25) is 0 Å². The minimum absolute atomic E-state index is 0.478. The Morgan fingerprint density at radius 1 is 1.24 bits per heavy atom. The first-order valence-electron chi connectivity index (χ1n) is 9.65. The molecule has 0 unspecified atom stereocenters. The number of benzene rings is 1. The summed E-state index contributed by atoms with van der Waals surface area (Å²) in [7, 11) is 5.62. The summed E-state index contributed by atoms with van der Waals surface area (Å²) in [5.41, 5.74) is 0. The van der Waals surface area contributed by atoms with Crippen LogP contribution >= 0.6 is 11.8 Å². The summed E-state index contributed by atoms with van der Waals surface area (Å²) in [5.74, 6) is 5.31. The van der Waals surface area contributed by atoms with Crippen molar-refractivity contribution in [2.45, 2.75) is 19.9 Å². The molecule has 29 heavy (non-hydrogen) atoms. The monoisotopic (exact) mass is 420 g/mol. The Morgan fingerprint density at radius 2 is 1.97 bits per heavy atom. The molecule has 0 radical (unpaired) electrons. The number of aryl methyl sites for hydroxylation is 1. The standard InChI is InChI=1S/C20H32N6O2S/c1-16-23-24-19(26(16)3)15-22-20(21-11-6-14-29-5)25(2)12-13-28-18-9-7-17(27-4)8-10-18/h7-10H,6,11-15H2,1-5H3,(H,21,22). The lowest BCUT2D eigenvalue weighted by Gasteiger charge is -2.22. The van der Waals surface area contributed by atoms with E-state index in [1.54, 1.807) is 7.11 Å². The van der Waals surface area contributed by atoms with E-state index in [1.807, 2.05) is 61.6 Å². The zero-order chi connectivity index (χ0) is 21.1. The number of aliphatic imine (C=N–C) groups is 1. The van der Waals surface area contributed by atoms with E-state index in [0.29, 0.717) is 19.7 Å². The van der Waals surface area contributed by atoms with Crippen LogP contribution in [0.1, 0.15) is 18.1 Å². The molecule has 0 aliphatic rings. The molecule has 8 nitrogen and oxygen atoms in total. The largest absolute Gasteiger partial charge is 0.497 e. The molecule has 2 aromatic rings. The van der Waals surface area contributed by atoms with E-state index in [4.69, 9.17) is 14.5 Å². The second-order valence-electron chi connectivity index (χ2n) is 6.58. The average Bonchev–Trinajstić information content (AvgIpc) is 3.05. The van der Waals surface area contributed by atoms with Crippen molar-refractivity contribution in [3.8, 4) is 11.5 Å². The van der Waals surface area contributed by atoms with Crippen LogP contribution in [0, 0.1) is 6.92 Å². The molecular weight excluding hydrogens is 388 g/mol. The van der Waals surface area contributed by atoms with Crippen molar-refractivity contribution in [1.29, 1.82) is 0 Å². The van der Waals surface area contributed by atoms with Crippen LogP contribution in [0.25, 0.3) is 0 Å². The van der Waals surface area contributed by atoms with Crippen molar-refractivity contribution in [3.63, 3.8) is 0 Å². The molecule has 9 heteroatoms. The first kappa shape index (κ1) is 22.9. The van der Waals surface area contributed by atoms with Gasteiger partial charge in [-0.1, -0.05) is 0 Å². The van der Waals surface area contributed by atoms with Crippen LogP contribution in [0.3, 0.4) is 0 Å². The molecule has 0 aliphatic heterocycles. The molecule has 1 aromatic carbocycles. The van der Waals surface area contributed by atoms with Gasteiger partial charge in [-0.2, -0.15) is 11.8 Å². The molecule has 160 valence electrons. The van der Waals surface area contributed by atoms with Crippen molar-refractivity contribution in [1.82, 2.24) is 25.0 Å². The predicted octanol–water partition coefficient (Wildman–Crippen LogP) is 2.34. The summed E-state index contributed by atoms with van der Waals surface area (Å²) in [6.07, 6.45) is 3.20. The van der Waals surface area contributed by atoms with Crippen LogP contribution in [0.15, 0.2) is 29.3 Å². The van der Waals surface area contributed by atoms with E-state index in [-0.39, 0.29) is 0 Å². The second kappa shape index (κ2) is 12.2. The van der Waals surface area contributed by atoms with Crippen molar-refractivity contribution >= 4 is 17.7 Å². The van der Waals surface area contributed by atoms with E-state index >= 15 is 0 Å². The summed E-state index contributed by atoms with van der Waals surface area (Å²) in [6.45, 7) is 4.55. The molecule has 0 saturated heterocycles. The molecule has 0 bridgehead atoms. The van der Waals surface area contributed by atoms with Crippen molar-refractivity contribution in [2.75, 3.05) is 45.9 Å². The van der Waals surface area contributed by atoms with Gasteiger partial charge in [0.2, 0.25) is 0 Å². The zero-order valence-corrected chi connectivity index (χ0v) is 18.8. The second-order valence-corrected chi connectivity index (χ2v) is 7.57. The number of nitrogens with one attached hydrogen (secondary N) is 1. The van der Waals surface area contributed by atoms with Crippen LogP contribution in [0.2, 0.25) is 0 Å². The van der Waals surface area contributed by atoms with Gasteiger partial charge in [0.05, 0.1) is 13.7 Å². The summed E-state index contributed by atoms with van der Waals surface area (Å²) in [6, 6.07) is 7.60. The van der Waals surface area contributed by atoms with Crippen molar-refractivity contribution in [3.05, 3.63) is 35.9 Å². The number of hydrogen-bond acceptors (Lipinski definition) is 6. The fraction of sp³-hybridized carbons (Fsp3) is 0.550. The molecule has 0 amide bonds. The maximum Gasteiger partial charge on any atom is 0.194 e. The topological polar surface area (TPSA) is 76.8 Å². The average molecular weight is 421 g/mol. The summed E-state index contributed by atoms with van der Waals surface area (Å²) < 4.78 is 13.0. The predicted molar refractivity (Wildman–Crippen MR) is 119 cm³/mol. The minimum Gasteiger partial charge on any atom is -0.497 e. The number of guanidine groups is 1. The third-order valence-corrected chi connectivity index (χ3v) is 5.17. The first-order chi connectivity index (χ1) is 14.0. The van der Waals surface area contributed by atoms with Crippen molar-refractivity contribution < 1.29 is 9.47 Å². The maximum absolute atomic E-state index is 5.84. The smallest absolute Gasteiger partial charge is 0.194 e. The maximum atomic E-state index is 5.84. The molecule has 0 spiro atoms. The highest BCUT2D eigenvalue weighted by atomic mass is 32.2. The fourth-order valence-corrected chi connectivity index (χ4v) is 2.97. The summed E-state index contributed by atoms with van der Waals surface area (Å²) in [5, 5.41) is 11.7. The Morgan fingerprint density at radius 3 is 2.59 bits per heavy atom. The van der Waals surface area contributed by atoms with E-state index in [1.165, 1.54) is 0 Å². The Labute approximate surface area is 177 Å². The van der Waals surface area contributed by atoms with Crippen LogP contribution in [-0.4, -0.2) is 71.5 Å². The van der Waals surface area contributed by atoms with E-state index in [9.17, 15) is 0 Å². The molecule has 2 rings (SSSR count). The Balaban J connectivity index is 1.92. The first-order valence-corrected chi connectivity index (χ1v) is 11.0. The van der Waals surface area contributed by atoms with E-state index in [0.717, 1.165) is 47.8 Å². The minimum atomic E-state index is 0.478. The van der Waals surface area contributed by atoms with E-state index < -0.39 is 0 Å². The fourth-order valence-electron chi connectivity index (χ4n) is 2.54. The number of methoxy groups -OCH3 is 1. The van der Waals surface area contributed by atoms with Crippen LogP contribution in [0.4, 0.5) is 0 Å². The SMILES string of the molecule is COc1ccc(OCCN(C)C(=NCc2nnc(C)n2C)NCCCSC)cc1. The van der Waals surface area contributed by atoms with Crippen molar-refractivity contribution in [2.24, 2.45) is 12.0 Å². The van der Waals surface area contributed by atoms with Gasteiger partial charge in [0, 0.05) is 20.6 Å².